The molecular formula is C38H50N4O5S. The van der Waals surface area contributed by atoms with Crippen molar-refractivity contribution in [1.82, 2.24) is 15.6 Å². The minimum atomic E-state index is -0.862. The minimum absolute atomic E-state index is 0.0771. The predicted molar refractivity (Wildman–Crippen MR) is 194 cm³/mol. The Kier molecular flexibility index (Phi) is 18.1. The lowest BCUT2D eigenvalue weighted by Crippen LogP contribution is -2.20. The maximum Gasteiger partial charge on any atom is 0.227 e. The summed E-state index contributed by atoms with van der Waals surface area (Å²) >= 11 is 1.51. The molecule has 0 radical (unpaired) electrons. The van der Waals surface area contributed by atoms with Crippen molar-refractivity contribution in [2.45, 2.75) is 75.3 Å². The van der Waals surface area contributed by atoms with Gasteiger partial charge in [0.05, 0.1) is 11.9 Å². The van der Waals surface area contributed by atoms with Gasteiger partial charge in [-0.2, -0.15) is 0 Å². The van der Waals surface area contributed by atoms with Crippen LogP contribution in [-0.2, 0) is 35.4 Å². The number of hydrogen-bond donors (Lipinski definition) is 5. The number of anilines is 1. The maximum atomic E-state index is 10.9. The molecular weight excluding hydrogens is 625 g/mol. The van der Waals surface area contributed by atoms with E-state index < -0.39 is 6.10 Å². The van der Waals surface area contributed by atoms with Crippen molar-refractivity contribution < 1.29 is 24.2 Å². The van der Waals surface area contributed by atoms with Gasteiger partial charge in [0.2, 0.25) is 12.3 Å². The maximum absolute atomic E-state index is 10.9. The molecule has 1 aromatic heterocycles. The standard InChI is InChI=1S/C31H36N4O4S.C6H12.CH2O/c1-40-30-25(10-11-27(37)28(30)35-21-36)13-16-32-15-12-22-6-5-7-23(18-22)19-33-17-14-26-20-34-31(39-26)29(38)24-8-3-2-4-9-24;1-2-4-6-5-3-1;1-2/h2-11,18,20-21,29,32-33,37-38H,12-17,19H2,1H3,(H,35,36);1-6H2;1H2. The van der Waals surface area contributed by atoms with Crippen LogP contribution < -0.4 is 16.0 Å². The fourth-order valence-electron chi connectivity index (χ4n) is 5.57. The Hall–Kier alpha value is -3.96. The Morgan fingerprint density at radius 2 is 1.54 bits per heavy atom. The van der Waals surface area contributed by atoms with Crippen LogP contribution in [0.4, 0.5) is 5.69 Å². The Bertz CT molecular complexity index is 1470. The number of oxazole rings is 1. The number of aromatic nitrogens is 1. The third-order valence-electron chi connectivity index (χ3n) is 8.08. The summed E-state index contributed by atoms with van der Waals surface area (Å²) in [6.45, 7) is 5.14. The van der Waals surface area contributed by atoms with Crippen molar-refractivity contribution >= 4 is 30.6 Å². The topological polar surface area (TPSA) is 137 Å². The fraction of sp³-hybridized carbons (Fsp3) is 0.395. The fourth-order valence-corrected chi connectivity index (χ4v) is 6.37. The van der Waals surface area contributed by atoms with Gasteiger partial charge in [-0.1, -0.05) is 99.2 Å². The molecule has 1 aliphatic carbocycles. The van der Waals surface area contributed by atoms with Gasteiger partial charge in [0, 0.05) is 24.4 Å². The third-order valence-corrected chi connectivity index (χ3v) is 8.95. The van der Waals surface area contributed by atoms with Gasteiger partial charge in [0.15, 0.2) is 6.10 Å². The van der Waals surface area contributed by atoms with E-state index in [-0.39, 0.29) is 5.75 Å². The Morgan fingerprint density at radius 1 is 0.875 bits per heavy atom. The van der Waals surface area contributed by atoms with Crippen LogP contribution in [0.2, 0.25) is 0 Å². The molecule has 4 aromatic rings. The molecule has 0 aliphatic heterocycles. The Morgan fingerprint density at radius 3 is 2.23 bits per heavy atom. The molecule has 0 spiro atoms. The zero-order valence-corrected chi connectivity index (χ0v) is 28.8. The first-order valence-electron chi connectivity index (χ1n) is 16.6. The number of amides is 1. The zero-order chi connectivity index (χ0) is 34.4. The predicted octanol–water partition coefficient (Wildman–Crippen LogP) is 6.61. The number of phenols is 1. The summed E-state index contributed by atoms with van der Waals surface area (Å²) < 4.78 is 5.76. The largest absolute Gasteiger partial charge is 0.506 e. The number of aliphatic hydroxyl groups excluding tert-OH is 1. The van der Waals surface area contributed by atoms with Crippen LogP contribution in [0.1, 0.15) is 78.5 Å². The summed E-state index contributed by atoms with van der Waals surface area (Å²) in [5.41, 5.74) is 4.81. The van der Waals surface area contributed by atoms with Gasteiger partial charge in [-0.25, -0.2) is 4.98 Å². The lowest BCUT2D eigenvalue weighted by atomic mass is 10.0. The molecule has 1 saturated carbocycles. The van der Waals surface area contributed by atoms with E-state index in [1.807, 2.05) is 49.4 Å². The third kappa shape index (κ3) is 12.9. The number of carbonyl (C=O) groups excluding carboxylic acids is 2. The average Bonchev–Trinajstić information content (AvgIpc) is 3.62. The second-order valence-corrected chi connectivity index (χ2v) is 12.3. The first-order chi connectivity index (χ1) is 23.6. The van der Waals surface area contributed by atoms with Crippen molar-refractivity contribution in [3.63, 3.8) is 0 Å². The molecule has 48 heavy (non-hydrogen) atoms. The van der Waals surface area contributed by atoms with Crippen molar-refractivity contribution in [2.24, 2.45) is 0 Å². The number of benzene rings is 3. The molecule has 1 amide bonds. The summed E-state index contributed by atoms with van der Waals surface area (Å²) in [6, 6.07) is 21.5. The molecule has 9 nitrogen and oxygen atoms in total. The van der Waals surface area contributed by atoms with Crippen molar-refractivity contribution in [1.29, 1.82) is 0 Å². The van der Waals surface area contributed by atoms with E-state index in [9.17, 15) is 15.0 Å². The summed E-state index contributed by atoms with van der Waals surface area (Å²) in [5, 5.41) is 30.1. The summed E-state index contributed by atoms with van der Waals surface area (Å²) in [4.78, 5) is 24.0. The highest BCUT2D eigenvalue weighted by Crippen LogP contribution is 2.36. The SMILES string of the molecule is C1CCCCC1.C=O.CSc1c(CCNCCc2cccc(CNCCc3cnc(C(O)c4ccccc4)o3)c2)ccc(O)c1NC=O. The van der Waals surface area contributed by atoms with Gasteiger partial charge in [0.1, 0.15) is 18.3 Å². The van der Waals surface area contributed by atoms with Crippen LogP contribution in [-0.4, -0.2) is 54.3 Å². The molecule has 1 aliphatic rings. The van der Waals surface area contributed by atoms with Crippen molar-refractivity contribution in [2.75, 3.05) is 31.2 Å². The molecule has 5 N–H and O–H groups in total. The number of thioether (sulfide) groups is 1. The molecule has 1 atom stereocenters. The number of hydrogen-bond acceptors (Lipinski definition) is 9. The second-order valence-electron chi connectivity index (χ2n) is 11.5. The highest BCUT2D eigenvalue weighted by Gasteiger charge is 2.16. The summed E-state index contributed by atoms with van der Waals surface area (Å²) in [5.74, 6) is 1.13. The van der Waals surface area contributed by atoms with E-state index in [0.29, 0.717) is 24.4 Å². The van der Waals surface area contributed by atoms with E-state index in [1.54, 1.807) is 12.3 Å². The normalized spacial score (nSPS) is 13.0. The number of carbonyl (C=O) groups is 2. The molecule has 3 aromatic carbocycles. The van der Waals surface area contributed by atoms with E-state index in [4.69, 9.17) is 9.21 Å². The molecule has 5 rings (SSSR count). The first-order valence-corrected chi connectivity index (χ1v) is 17.9. The number of rotatable bonds is 16. The number of aliphatic hydroxyl groups is 1. The van der Waals surface area contributed by atoms with E-state index in [0.717, 1.165) is 60.8 Å². The molecule has 0 bridgehead atoms. The van der Waals surface area contributed by atoms with Crippen molar-refractivity contribution in [3.05, 3.63) is 107 Å². The van der Waals surface area contributed by atoms with Gasteiger partial charge in [-0.3, -0.25) is 4.79 Å². The highest BCUT2D eigenvalue weighted by atomic mass is 32.2. The smallest absolute Gasteiger partial charge is 0.227 e. The van der Waals surface area contributed by atoms with Crippen LogP contribution in [0.15, 0.2) is 82.2 Å². The summed E-state index contributed by atoms with van der Waals surface area (Å²) in [7, 11) is 0. The van der Waals surface area contributed by atoms with E-state index >= 15 is 0 Å². The second kappa shape index (κ2) is 22.6. The number of nitrogens with zero attached hydrogens (tertiary/aromatic N) is 1. The van der Waals surface area contributed by atoms with Crippen LogP contribution in [0.25, 0.3) is 0 Å². The van der Waals surface area contributed by atoms with E-state index in [1.165, 1.54) is 61.4 Å². The highest BCUT2D eigenvalue weighted by molar-refractivity contribution is 7.98. The molecule has 10 heteroatoms. The summed E-state index contributed by atoms with van der Waals surface area (Å²) in [6.07, 6.45) is 14.7. The van der Waals surface area contributed by atoms with Crippen LogP contribution >= 0.6 is 11.8 Å². The average molecular weight is 675 g/mol. The van der Waals surface area contributed by atoms with Crippen LogP contribution in [0.5, 0.6) is 5.75 Å². The molecule has 1 unspecified atom stereocenters. The van der Waals surface area contributed by atoms with Gasteiger partial charge < -0.3 is 35.4 Å². The quantitative estimate of drug-likeness (QED) is 0.0385. The lowest BCUT2D eigenvalue weighted by Gasteiger charge is -2.14. The minimum Gasteiger partial charge on any atom is -0.506 e. The number of aromatic hydroxyl groups is 1. The van der Waals surface area contributed by atoms with Crippen LogP contribution in [0, 0.1) is 0 Å². The molecule has 1 heterocycles. The monoisotopic (exact) mass is 674 g/mol. The van der Waals surface area contributed by atoms with Gasteiger partial charge in [-0.05, 0) is 60.5 Å². The van der Waals surface area contributed by atoms with Crippen molar-refractivity contribution in [3.8, 4) is 5.75 Å². The number of nitrogens with one attached hydrogen (secondary N) is 3. The zero-order valence-electron chi connectivity index (χ0n) is 28.0. The Balaban J connectivity index is 0.000000692. The van der Waals surface area contributed by atoms with E-state index in [2.05, 4.69) is 45.2 Å². The van der Waals surface area contributed by atoms with Gasteiger partial charge in [-0.15, -0.1) is 11.8 Å². The first kappa shape index (κ1) is 38.5. The van der Waals surface area contributed by atoms with Gasteiger partial charge in [0.25, 0.3) is 0 Å². The molecule has 0 saturated heterocycles. The lowest BCUT2D eigenvalue weighted by molar-refractivity contribution is -0.105. The Labute approximate surface area is 289 Å². The van der Waals surface area contributed by atoms with Gasteiger partial charge >= 0.3 is 0 Å². The molecule has 258 valence electrons. The number of phenolic OH excluding ortho intramolecular Hbond substituents is 1. The van der Waals surface area contributed by atoms with Crippen LogP contribution in [0.3, 0.4) is 0 Å². The molecule has 1 fully saturated rings.